The van der Waals surface area contributed by atoms with Gasteiger partial charge in [0, 0.05) is 20.2 Å². The lowest BCUT2D eigenvalue weighted by Gasteiger charge is -2.29. The number of hydrogen-bond acceptors (Lipinski definition) is 4. The zero-order valence-electron chi connectivity index (χ0n) is 11.4. The Morgan fingerprint density at radius 2 is 2.10 bits per heavy atom. The Hall–Kier alpha value is -0.990. The lowest BCUT2D eigenvalue weighted by Crippen LogP contribution is -2.49. The molecule has 1 aromatic carbocycles. The van der Waals surface area contributed by atoms with Crippen molar-refractivity contribution in [3.05, 3.63) is 35.4 Å². The fraction of sp³-hybridized carbons (Fsp3) is 0.538. The largest absolute Gasteiger partial charge is 0.395 e. The molecule has 2 rings (SSSR count). The number of hydrogen-bond donors (Lipinski definition) is 2. The van der Waals surface area contributed by atoms with Crippen molar-refractivity contribution < 1.29 is 18.3 Å². The summed E-state index contributed by atoms with van der Waals surface area (Å²) in [5, 5.41) is 9.15. The predicted octanol–water partition coefficient (Wildman–Crippen LogP) is -0.114. The van der Waals surface area contributed by atoms with Crippen molar-refractivity contribution in [2.45, 2.75) is 19.0 Å². The van der Waals surface area contributed by atoms with Crippen LogP contribution in [-0.4, -0.2) is 50.7 Å². The fourth-order valence-electron chi connectivity index (χ4n) is 2.29. The zero-order chi connectivity index (χ0) is 14.6. The smallest absolute Gasteiger partial charge is 0.280 e. The number of ether oxygens (including phenoxy) is 1. The highest BCUT2D eigenvalue weighted by Gasteiger charge is 2.28. The van der Waals surface area contributed by atoms with Crippen LogP contribution in [-0.2, 0) is 27.9 Å². The molecule has 0 amide bonds. The van der Waals surface area contributed by atoms with E-state index < -0.39 is 16.3 Å². The summed E-state index contributed by atoms with van der Waals surface area (Å²) in [6.45, 7) is 0.645. The molecule has 7 heteroatoms. The van der Waals surface area contributed by atoms with E-state index in [1.165, 1.54) is 17.0 Å². The average Bonchev–Trinajstić information content (AvgIpc) is 2.46. The topological polar surface area (TPSA) is 78.9 Å². The molecule has 0 saturated heterocycles. The highest BCUT2D eigenvalue weighted by Crippen LogP contribution is 2.20. The quantitative estimate of drug-likeness (QED) is 0.768. The van der Waals surface area contributed by atoms with E-state index in [0.717, 1.165) is 5.56 Å². The Labute approximate surface area is 119 Å². The first kappa shape index (κ1) is 15.4. The number of aliphatic hydroxyl groups is 1. The highest BCUT2D eigenvalue weighted by atomic mass is 32.2. The molecule has 0 fully saturated rings. The minimum absolute atomic E-state index is 0.139. The summed E-state index contributed by atoms with van der Waals surface area (Å²) >= 11 is 0. The maximum Gasteiger partial charge on any atom is 0.280 e. The number of nitrogens with zero attached hydrogens (tertiary/aromatic N) is 1. The van der Waals surface area contributed by atoms with E-state index in [9.17, 15) is 8.42 Å². The Kier molecular flexibility index (Phi) is 5.11. The molecule has 1 aliphatic heterocycles. The Morgan fingerprint density at radius 3 is 2.75 bits per heavy atom. The third kappa shape index (κ3) is 3.56. The van der Waals surface area contributed by atoms with Gasteiger partial charge in [-0.2, -0.15) is 17.4 Å². The molecule has 1 heterocycles. The molecule has 0 aliphatic carbocycles. The summed E-state index contributed by atoms with van der Waals surface area (Å²) in [4.78, 5) is 0. The van der Waals surface area contributed by atoms with Gasteiger partial charge in [0.2, 0.25) is 0 Å². The van der Waals surface area contributed by atoms with Gasteiger partial charge in [0.25, 0.3) is 10.2 Å². The SMILES string of the molecule is COCC(CO)NS(=O)(=O)N1CCc2ccccc2C1. The van der Waals surface area contributed by atoms with Gasteiger partial charge in [0.05, 0.1) is 19.3 Å². The third-order valence-electron chi connectivity index (χ3n) is 3.34. The first-order valence-corrected chi connectivity index (χ1v) is 7.95. The van der Waals surface area contributed by atoms with Gasteiger partial charge < -0.3 is 9.84 Å². The molecule has 1 atom stereocenters. The van der Waals surface area contributed by atoms with Gasteiger partial charge in [-0.15, -0.1) is 0 Å². The lowest BCUT2D eigenvalue weighted by molar-refractivity contribution is 0.137. The van der Waals surface area contributed by atoms with Crippen LogP contribution < -0.4 is 4.72 Å². The molecule has 0 spiro atoms. The first-order valence-electron chi connectivity index (χ1n) is 6.51. The van der Waals surface area contributed by atoms with Crippen molar-refractivity contribution in [3.63, 3.8) is 0 Å². The summed E-state index contributed by atoms with van der Waals surface area (Å²) in [7, 11) is -2.15. The molecule has 1 aliphatic rings. The van der Waals surface area contributed by atoms with Crippen molar-refractivity contribution >= 4 is 10.2 Å². The standard InChI is InChI=1S/C13H20N2O4S/c1-19-10-13(9-16)14-20(17,18)15-7-6-11-4-2-3-5-12(11)8-15/h2-5,13-14,16H,6-10H2,1H3. The number of methoxy groups -OCH3 is 1. The van der Waals surface area contributed by atoms with E-state index in [1.54, 1.807) is 0 Å². The fourth-order valence-corrected chi connectivity index (χ4v) is 3.64. The number of fused-ring (bicyclic) bond motifs is 1. The molecule has 1 unspecified atom stereocenters. The Bertz CT molecular complexity index is 547. The normalized spacial score (nSPS) is 17.7. The minimum Gasteiger partial charge on any atom is -0.395 e. The maximum atomic E-state index is 12.3. The second-order valence-electron chi connectivity index (χ2n) is 4.81. The van der Waals surface area contributed by atoms with Crippen molar-refractivity contribution in [2.24, 2.45) is 0 Å². The van der Waals surface area contributed by atoms with Gasteiger partial charge in [-0.25, -0.2) is 0 Å². The molecule has 112 valence electrons. The van der Waals surface area contributed by atoms with Crippen LogP contribution in [0.5, 0.6) is 0 Å². The van der Waals surface area contributed by atoms with Crippen LogP contribution in [0.1, 0.15) is 11.1 Å². The van der Waals surface area contributed by atoms with E-state index in [1.807, 2.05) is 24.3 Å². The minimum atomic E-state index is -3.62. The van der Waals surface area contributed by atoms with Crippen LogP contribution in [0.25, 0.3) is 0 Å². The Balaban J connectivity index is 2.08. The molecule has 2 N–H and O–H groups in total. The van der Waals surface area contributed by atoms with E-state index >= 15 is 0 Å². The van der Waals surface area contributed by atoms with Crippen LogP contribution >= 0.6 is 0 Å². The lowest BCUT2D eigenvalue weighted by atomic mass is 10.0. The van der Waals surface area contributed by atoms with Gasteiger partial charge in [-0.1, -0.05) is 24.3 Å². The number of nitrogens with one attached hydrogen (secondary N) is 1. The molecular formula is C13H20N2O4S. The third-order valence-corrected chi connectivity index (χ3v) is 4.96. The second kappa shape index (κ2) is 6.64. The number of rotatable bonds is 6. The second-order valence-corrected chi connectivity index (χ2v) is 6.51. The van der Waals surface area contributed by atoms with Crippen LogP contribution in [0.4, 0.5) is 0 Å². The molecule has 0 aromatic heterocycles. The maximum absolute atomic E-state index is 12.3. The van der Waals surface area contributed by atoms with E-state index in [2.05, 4.69) is 4.72 Å². The molecule has 0 radical (unpaired) electrons. The van der Waals surface area contributed by atoms with Crippen molar-refractivity contribution in [1.82, 2.24) is 9.03 Å². The summed E-state index contributed by atoms with van der Waals surface area (Å²) < 4.78 is 33.3. The molecule has 6 nitrogen and oxygen atoms in total. The van der Waals surface area contributed by atoms with Crippen molar-refractivity contribution in [3.8, 4) is 0 Å². The number of aliphatic hydroxyl groups excluding tert-OH is 1. The number of benzene rings is 1. The highest BCUT2D eigenvalue weighted by molar-refractivity contribution is 7.87. The van der Waals surface area contributed by atoms with Crippen LogP contribution in [0.15, 0.2) is 24.3 Å². The van der Waals surface area contributed by atoms with E-state index in [-0.39, 0.29) is 13.2 Å². The predicted molar refractivity (Wildman–Crippen MR) is 75.4 cm³/mol. The summed E-state index contributed by atoms with van der Waals surface area (Å²) in [5.74, 6) is 0. The van der Waals surface area contributed by atoms with Gasteiger partial charge >= 0.3 is 0 Å². The molecular weight excluding hydrogens is 280 g/mol. The van der Waals surface area contributed by atoms with Gasteiger partial charge in [-0.05, 0) is 17.5 Å². The van der Waals surface area contributed by atoms with E-state index in [0.29, 0.717) is 19.5 Å². The average molecular weight is 300 g/mol. The Morgan fingerprint density at radius 1 is 1.40 bits per heavy atom. The van der Waals surface area contributed by atoms with Crippen LogP contribution in [0, 0.1) is 0 Å². The zero-order valence-corrected chi connectivity index (χ0v) is 12.3. The summed E-state index contributed by atoms with van der Waals surface area (Å²) in [6, 6.07) is 7.21. The van der Waals surface area contributed by atoms with Gasteiger partial charge in [0.1, 0.15) is 0 Å². The summed E-state index contributed by atoms with van der Waals surface area (Å²) in [6.07, 6.45) is 0.700. The van der Waals surface area contributed by atoms with Crippen LogP contribution in [0.2, 0.25) is 0 Å². The monoisotopic (exact) mass is 300 g/mol. The molecule has 0 bridgehead atoms. The molecule has 1 aromatic rings. The van der Waals surface area contributed by atoms with Crippen molar-refractivity contribution in [2.75, 3.05) is 26.9 Å². The summed E-state index contributed by atoms with van der Waals surface area (Å²) in [5.41, 5.74) is 2.21. The van der Waals surface area contributed by atoms with Gasteiger partial charge in [0.15, 0.2) is 0 Å². The van der Waals surface area contributed by atoms with Gasteiger partial charge in [-0.3, -0.25) is 0 Å². The van der Waals surface area contributed by atoms with Crippen molar-refractivity contribution in [1.29, 1.82) is 0 Å². The first-order chi connectivity index (χ1) is 9.56. The van der Waals surface area contributed by atoms with E-state index in [4.69, 9.17) is 9.84 Å². The molecule has 20 heavy (non-hydrogen) atoms. The van der Waals surface area contributed by atoms with Crippen LogP contribution in [0.3, 0.4) is 0 Å². The molecule has 0 saturated carbocycles.